The summed E-state index contributed by atoms with van der Waals surface area (Å²) in [5.41, 5.74) is 2.09. The molecule has 0 bridgehead atoms. The van der Waals surface area contributed by atoms with Crippen molar-refractivity contribution in [3.63, 3.8) is 0 Å². The third-order valence-corrected chi connectivity index (χ3v) is 3.64. The lowest BCUT2D eigenvalue weighted by molar-refractivity contribution is -0.137. The SMILES string of the molecule is CCOC(=O)/C=C/c1ccc(C=NC2CCCCC2)cc1. The molecule has 1 aromatic rings. The van der Waals surface area contributed by atoms with Crippen LogP contribution in [0.3, 0.4) is 0 Å². The van der Waals surface area contributed by atoms with Crippen molar-refractivity contribution in [3.05, 3.63) is 41.5 Å². The maximum absolute atomic E-state index is 11.2. The van der Waals surface area contributed by atoms with Gasteiger partial charge in [0.15, 0.2) is 0 Å². The van der Waals surface area contributed by atoms with Crippen molar-refractivity contribution in [2.75, 3.05) is 6.61 Å². The Kier molecular flexibility index (Phi) is 6.20. The average molecular weight is 285 g/mol. The fourth-order valence-corrected chi connectivity index (χ4v) is 2.47. The standard InChI is InChI=1S/C18H23NO2/c1-2-21-18(20)13-12-15-8-10-16(11-9-15)14-19-17-6-4-3-5-7-17/h8-14,17H,2-7H2,1H3/b13-12+,19-14?. The van der Waals surface area contributed by atoms with Crippen molar-refractivity contribution in [2.45, 2.75) is 45.1 Å². The molecule has 21 heavy (non-hydrogen) atoms. The van der Waals surface area contributed by atoms with E-state index in [1.54, 1.807) is 13.0 Å². The van der Waals surface area contributed by atoms with Crippen LogP contribution in [0.4, 0.5) is 0 Å². The van der Waals surface area contributed by atoms with Crippen molar-refractivity contribution < 1.29 is 9.53 Å². The number of hydrogen-bond acceptors (Lipinski definition) is 3. The summed E-state index contributed by atoms with van der Waals surface area (Å²) < 4.78 is 4.85. The largest absolute Gasteiger partial charge is 0.463 e. The van der Waals surface area contributed by atoms with Gasteiger partial charge in [-0.2, -0.15) is 0 Å². The normalized spacial score (nSPS) is 16.6. The molecule has 0 heterocycles. The first-order valence-electron chi connectivity index (χ1n) is 7.76. The molecule has 0 aliphatic heterocycles. The number of ether oxygens (including phenoxy) is 1. The van der Waals surface area contributed by atoms with E-state index in [-0.39, 0.29) is 5.97 Å². The molecule has 0 atom stereocenters. The fraction of sp³-hybridized carbons (Fsp3) is 0.444. The number of nitrogens with zero attached hydrogens (tertiary/aromatic N) is 1. The number of carbonyl (C=O) groups excluding carboxylic acids is 1. The van der Waals surface area contributed by atoms with Crippen LogP contribution < -0.4 is 0 Å². The van der Waals surface area contributed by atoms with Crippen LogP contribution in [0, 0.1) is 0 Å². The molecule has 0 saturated heterocycles. The van der Waals surface area contributed by atoms with Gasteiger partial charge in [0.2, 0.25) is 0 Å². The van der Waals surface area contributed by atoms with Gasteiger partial charge in [-0.3, -0.25) is 4.99 Å². The maximum atomic E-state index is 11.2. The van der Waals surface area contributed by atoms with E-state index in [9.17, 15) is 4.79 Å². The van der Waals surface area contributed by atoms with Crippen LogP contribution in [0.2, 0.25) is 0 Å². The first kappa shape index (κ1) is 15.5. The molecule has 1 aromatic carbocycles. The van der Waals surface area contributed by atoms with E-state index < -0.39 is 0 Å². The minimum absolute atomic E-state index is 0.305. The molecule has 1 aliphatic rings. The first-order chi connectivity index (χ1) is 10.3. The van der Waals surface area contributed by atoms with Crippen LogP contribution in [0.15, 0.2) is 35.3 Å². The van der Waals surface area contributed by atoms with Crippen molar-refractivity contribution >= 4 is 18.3 Å². The summed E-state index contributed by atoms with van der Waals surface area (Å²) in [6.07, 6.45) is 11.6. The Bertz CT molecular complexity index is 496. The molecule has 0 radical (unpaired) electrons. The molecule has 1 saturated carbocycles. The molecule has 1 fully saturated rings. The minimum Gasteiger partial charge on any atom is -0.463 e. The van der Waals surface area contributed by atoms with Gasteiger partial charge in [-0.1, -0.05) is 43.5 Å². The molecule has 112 valence electrons. The Labute approximate surface area is 126 Å². The zero-order valence-electron chi connectivity index (χ0n) is 12.6. The third kappa shape index (κ3) is 5.54. The molecule has 0 N–H and O–H groups in total. The summed E-state index contributed by atoms with van der Waals surface area (Å²) in [6.45, 7) is 2.20. The number of benzene rings is 1. The van der Waals surface area contributed by atoms with Crippen LogP contribution in [0.25, 0.3) is 6.08 Å². The highest BCUT2D eigenvalue weighted by molar-refractivity contribution is 5.87. The monoisotopic (exact) mass is 285 g/mol. The molecule has 0 aromatic heterocycles. The second kappa shape index (κ2) is 8.40. The van der Waals surface area contributed by atoms with Crippen molar-refractivity contribution in [1.29, 1.82) is 0 Å². The second-order valence-electron chi connectivity index (χ2n) is 5.32. The number of carbonyl (C=O) groups is 1. The lowest BCUT2D eigenvalue weighted by Crippen LogP contribution is -2.09. The van der Waals surface area contributed by atoms with Crippen LogP contribution in [-0.4, -0.2) is 24.8 Å². The molecular formula is C18H23NO2. The topological polar surface area (TPSA) is 38.7 Å². The summed E-state index contributed by atoms with van der Waals surface area (Å²) in [7, 11) is 0. The van der Waals surface area contributed by atoms with E-state index in [1.165, 1.54) is 38.2 Å². The fourth-order valence-electron chi connectivity index (χ4n) is 2.47. The predicted octanol–water partition coefficient (Wildman–Crippen LogP) is 4.01. The van der Waals surface area contributed by atoms with Gasteiger partial charge in [0, 0.05) is 18.3 Å². The van der Waals surface area contributed by atoms with Gasteiger partial charge in [0.1, 0.15) is 0 Å². The summed E-state index contributed by atoms with van der Waals surface area (Å²) in [6, 6.07) is 8.52. The zero-order valence-corrected chi connectivity index (χ0v) is 12.6. The van der Waals surface area contributed by atoms with Gasteiger partial charge in [0.05, 0.1) is 6.61 Å². The van der Waals surface area contributed by atoms with E-state index in [1.807, 2.05) is 30.5 Å². The van der Waals surface area contributed by atoms with Crippen LogP contribution in [0.5, 0.6) is 0 Å². The molecule has 0 spiro atoms. The van der Waals surface area contributed by atoms with E-state index in [2.05, 4.69) is 4.99 Å². The van der Waals surface area contributed by atoms with Crippen LogP contribution in [0.1, 0.15) is 50.2 Å². The quantitative estimate of drug-likeness (QED) is 0.465. The van der Waals surface area contributed by atoms with Gasteiger partial charge in [-0.15, -0.1) is 0 Å². The van der Waals surface area contributed by atoms with Gasteiger partial charge >= 0.3 is 5.97 Å². The Morgan fingerprint density at radius 1 is 1.19 bits per heavy atom. The predicted molar refractivity (Wildman–Crippen MR) is 86.6 cm³/mol. The van der Waals surface area contributed by atoms with E-state index in [4.69, 9.17) is 4.74 Å². The molecule has 0 amide bonds. The summed E-state index contributed by atoms with van der Waals surface area (Å²) in [4.78, 5) is 15.9. The molecular weight excluding hydrogens is 262 g/mol. The lowest BCUT2D eigenvalue weighted by Gasteiger charge is -2.17. The molecule has 1 aliphatic carbocycles. The Hall–Kier alpha value is -1.90. The maximum Gasteiger partial charge on any atom is 0.330 e. The molecule has 0 unspecified atom stereocenters. The van der Waals surface area contributed by atoms with Crippen LogP contribution >= 0.6 is 0 Å². The van der Waals surface area contributed by atoms with Crippen molar-refractivity contribution in [1.82, 2.24) is 0 Å². The Morgan fingerprint density at radius 2 is 1.86 bits per heavy atom. The molecule has 3 heteroatoms. The van der Waals surface area contributed by atoms with Gasteiger partial charge in [-0.25, -0.2) is 4.79 Å². The summed E-state index contributed by atoms with van der Waals surface area (Å²) in [5.74, 6) is -0.305. The number of esters is 1. The van der Waals surface area contributed by atoms with Gasteiger partial charge in [-0.05, 0) is 37.0 Å². The highest BCUT2D eigenvalue weighted by atomic mass is 16.5. The number of hydrogen-bond donors (Lipinski definition) is 0. The highest BCUT2D eigenvalue weighted by Gasteiger charge is 2.10. The number of aliphatic imine (C=N–C) groups is 1. The van der Waals surface area contributed by atoms with Crippen molar-refractivity contribution in [3.8, 4) is 0 Å². The van der Waals surface area contributed by atoms with Gasteiger partial charge < -0.3 is 4.74 Å². The zero-order chi connectivity index (χ0) is 14.9. The molecule has 3 nitrogen and oxygen atoms in total. The van der Waals surface area contributed by atoms with E-state index >= 15 is 0 Å². The van der Waals surface area contributed by atoms with Gasteiger partial charge in [0.25, 0.3) is 0 Å². The summed E-state index contributed by atoms with van der Waals surface area (Å²) >= 11 is 0. The first-order valence-corrected chi connectivity index (χ1v) is 7.76. The van der Waals surface area contributed by atoms with Crippen LogP contribution in [-0.2, 0) is 9.53 Å². The van der Waals surface area contributed by atoms with E-state index in [0.717, 1.165) is 11.1 Å². The average Bonchev–Trinajstić information content (AvgIpc) is 2.53. The van der Waals surface area contributed by atoms with E-state index in [0.29, 0.717) is 12.6 Å². The minimum atomic E-state index is -0.305. The van der Waals surface area contributed by atoms with Crippen molar-refractivity contribution in [2.24, 2.45) is 4.99 Å². The highest BCUT2D eigenvalue weighted by Crippen LogP contribution is 2.20. The Morgan fingerprint density at radius 3 is 2.52 bits per heavy atom. The third-order valence-electron chi connectivity index (χ3n) is 3.64. The Balaban J connectivity index is 1.89. The second-order valence-corrected chi connectivity index (χ2v) is 5.32. The molecule has 2 rings (SSSR count). The smallest absolute Gasteiger partial charge is 0.330 e. The summed E-state index contributed by atoms with van der Waals surface area (Å²) in [5, 5.41) is 0. The lowest BCUT2D eigenvalue weighted by atomic mass is 9.96. The number of rotatable bonds is 5.